The molecule has 0 saturated carbocycles. The minimum absolute atomic E-state index is 0.0247. The third kappa shape index (κ3) is 31.1. The fourth-order valence-electron chi connectivity index (χ4n) is 14.9. The number of carbonyl (C=O) groups is 16. The number of nitrogens with two attached hydrogens (primary N) is 2. The number of amides is 15. The molecule has 7 aromatic rings. The Morgan fingerprint density at radius 3 is 1.44 bits per heavy atom. The number of rotatable bonds is 24. The molecule has 0 aliphatic carbocycles. The number of nitrogens with one attached hydrogen (secondary N) is 11. The molecule has 18 N–H and O–H groups in total. The highest BCUT2D eigenvalue weighted by atomic mass is 32.2. The summed E-state index contributed by atoms with van der Waals surface area (Å²) >= 11 is 0.826. The van der Waals surface area contributed by atoms with Gasteiger partial charge in [0.25, 0.3) is 0 Å². The number of H-pyrrole nitrogens is 1. The molecule has 37 heteroatoms. The summed E-state index contributed by atoms with van der Waals surface area (Å²) in [5, 5.41) is 58.1. The van der Waals surface area contributed by atoms with Gasteiger partial charge in [0, 0.05) is 96.1 Å². The zero-order valence-electron chi connectivity index (χ0n) is 74.3. The summed E-state index contributed by atoms with van der Waals surface area (Å²) in [4.78, 5) is 242. The van der Waals surface area contributed by atoms with Gasteiger partial charge in [0.1, 0.15) is 78.0 Å². The Morgan fingerprint density at radius 1 is 0.469 bits per heavy atom. The number of aliphatic carboxylic acids is 1. The molecule has 1 saturated heterocycles. The lowest BCUT2D eigenvalue weighted by molar-refractivity contribution is -0.151. The van der Waals surface area contributed by atoms with Crippen LogP contribution in [0.3, 0.4) is 0 Å². The SMILES string of the molecule is CCCC[C@H]1C(=O)N(C)CC(=O)N[C@@H](CC(=O)O)C(=O)N[C@@H](C(C)C)C(=O)N[C@@H](Cc2ccc(CN)cc2)C(=O)N[C@@H](Cc2ccc(O)cc2)C(=O)N(C)CC(=O)N[C@@H](Cc2c[nH]c3ccccc23)C(=O)N[C@@H](Cc2ccc(O)cc2)C(=O)N[C@@H](CC(C)C)C(=O)N[C@H](C(=O)NCC(N)=O)CSCC(=O)N[C@@H](Cc2ccccc2)C(=O)N(C)C(Cc2ccccc2)C(=O)N1C. The normalized spacial score (nSPS) is 21.8. The number of aromatic amines is 1. The van der Waals surface area contributed by atoms with Crippen molar-refractivity contribution < 1.29 is 92.0 Å². The van der Waals surface area contributed by atoms with Crippen molar-refractivity contribution in [1.29, 1.82) is 0 Å². The van der Waals surface area contributed by atoms with Crippen LogP contribution >= 0.6 is 11.8 Å². The van der Waals surface area contributed by atoms with Crippen LogP contribution in [0.4, 0.5) is 0 Å². The first-order valence-electron chi connectivity index (χ1n) is 42.9. The molecule has 1 fully saturated rings. The van der Waals surface area contributed by atoms with E-state index in [9.17, 15) is 63.3 Å². The van der Waals surface area contributed by atoms with Gasteiger partial charge in [-0.25, -0.2) is 0 Å². The van der Waals surface area contributed by atoms with Gasteiger partial charge in [-0.2, -0.15) is 0 Å². The summed E-state index contributed by atoms with van der Waals surface area (Å²) in [6.45, 7) is 6.23. The van der Waals surface area contributed by atoms with Gasteiger partial charge in [0.2, 0.25) is 88.6 Å². The highest BCUT2D eigenvalue weighted by Gasteiger charge is 2.42. The number of fused-ring (bicyclic) bond motifs is 1. The number of hydrogen-bond donors (Lipinski definition) is 16. The van der Waals surface area contributed by atoms with E-state index in [4.69, 9.17) is 11.5 Å². The number of carboxylic acid groups (broad SMARTS) is 1. The van der Waals surface area contributed by atoms with E-state index in [0.29, 0.717) is 62.7 Å². The van der Waals surface area contributed by atoms with Crippen LogP contribution in [0.1, 0.15) is 106 Å². The molecule has 0 spiro atoms. The third-order valence-electron chi connectivity index (χ3n) is 22.0. The lowest BCUT2D eigenvalue weighted by Crippen LogP contribution is -2.61. The number of aromatic hydroxyl groups is 2. The Kier molecular flexibility index (Phi) is 38.8. The second-order valence-corrected chi connectivity index (χ2v) is 34.2. The Morgan fingerprint density at radius 2 is 0.908 bits per heavy atom. The molecule has 15 amide bonds. The predicted molar refractivity (Wildman–Crippen MR) is 485 cm³/mol. The number of benzene rings is 6. The van der Waals surface area contributed by atoms with Crippen molar-refractivity contribution in [1.82, 2.24) is 77.8 Å². The van der Waals surface area contributed by atoms with E-state index in [0.717, 1.165) is 26.5 Å². The molecule has 6 aromatic carbocycles. The summed E-state index contributed by atoms with van der Waals surface area (Å²) in [6.07, 6.45) is -0.0407. The molecule has 696 valence electrons. The number of para-hydroxylation sites is 1. The Bertz CT molecular complexity index is 5100. The van der Waals surface area contributed by atoms with Crippen molar-refractivity contribution in [3.8, 4) is 11.5 Å². The molecule has 1 unspecified atom stereocenters. The Hall–Kier alpha value is -13.7. The van der Waals surface area contributed by atoms with E-state index >= 15 is 28.8 Å². The van der Waals surface area contributed by atoms with Crippen molar-refractivity contribution in [3.63, 3.8) is 0 Å². The van der Waals surface area contributed by atoms with Crippen molar-refractivity contribution in [2.45, 2.75) is 178 Å². The minimum atomic E-state index is -1.92. The lowest BCUT2D eigenvalue weighted by Gasteiger charge is -2.37. The van der Waals surface area contributed by atoms with Crippen LogP contribution < -0.4 is 64.6 Å². The van der Waals surface area contributed by atoms with Gasteiger partial charge in [-0.1, -0.05) is 175 Å². The fraction of sp³-hybridized carbons (Fsp3) is 0.419. The molecular formula is C93H119N17O19S. The summed E-state index contributed by atoms with van der Waals surface area (Å²) in [7, 11) is 5.23. The maximum Gasteiger partial charge on any atom is 0.305 e. The molecule has 0 radical (unpaired) electrons. The van der Waals surface area contributed by atoms with E-state index in [2.05, 4.69) is 58.2 Å². The first-order chi connectivity index (χ1) is 61.9. The first-order valence-corrected chi connectivity index (χ1v) is 44.1. The first kappa shape index (κ1) is 102. The van der Waals surface area contributed by atoms with Crippen molar-refractivity contribution in [2.75, 3.05) is 59.3 Å². The topological polar surface area (TPSA) is 535 Å². The minimum Gasteiger partial charge on any atom is -0.508 e. The highest BCUT2D eigenvalue weighted by Crippen LogP contribution is 2.24. The number of hydrogen-bond acceptors (Lipinski definition) is 20. The monoisotopic (exact) mass is 1810 g/mol. The maximum atomic E-state index is 15.5. The standard InChI is InChI=1S/C93H119N17O19S/c1-10-11-26-75-92(128)108(7)51-79(115)99-71(46-81(117)118)88(124)106-82(55(4)5)89(125)103-69(40-58-27-29-61(47-94)30-28-58)86(122)104-72(43-60-33-37-64(112)38-34-60)90(126)107(6)50-78(114)98-70(45-62-48-96-66-25-19-18-24-65(62)66)87(123)102-68(41-59-31-35-63(111)36-32-59)85(121)101-67(39-54(2)3)84(120)105-74(83(119)97-49-77(95)113)52-130-53-80(116)100-73(42-56-20-14-12-15-21-56)91(127)110(9)76(93(129)109(75)8)44-57-22-16-13-17-23-57/h12-25,27-38,48,54-55,67-76,82,96,111-112H,10-11,26,39-47,49-53,94H2,1-9H3,(H2,95,113)(H,97,119)(H,98,114)(H,99,115)(H,100,116)(H,101,121)(H,102,123)(H,103,125)(H,104,122)(H,105,120)(H,106,124)(H,117,118)/t67-,68-,69-,70-,71-,72-,73-,74-,75-,76?,82-/m0/s1. The molecule has 2 heterocycles. The van der Waals surface area contributed by atoms with Crippen LogP contribution in [-0.2, 0) is 122 Å². The second kappa shape index (κ2) is 49.6. The number of primary amides is 1. The van der Waals surface area contributed by atoms with Gasteiger partial charge in [-0.05, 0) is 94.0 Å². The number of phenols is 2. The smallest absolute Gasteiger partial charge is 0.305 e. The summed E-state index contributed by atoms with van der Waals surface area (Å²) < 4.78 is 0. The third-order valence-corrected chi connectivity index (χ3v) is 23.1. The molecule has 8 rings (SSSR count). The Balaban J connectivity index is 1.21. The number of thioether (sulfide) groups is 1. The maximum absolute atomic E-state index is 15.5. The molecule has 130 heavy (non-hydrogen) atoms. The van der Waals surface area contributed by atoms with Gasteiger partial charge < -0.3 is 105 Å². The van der Waals surface area contributed by atoms with Gasteiger partial charge in [0.05, 0.1) is 31.8 Å². The van der Waals surface area contributed by atoms with Crippen LogP contribution in [0, 0.1) is 11.8 Å². The quantitative estimate of drug-likeness (QED) is 0.0407. The molecule has 1 aliphatic rings. The number of unbranched alkanes of at least 4 members (excludes halogenated alkanes) is 1. The average molecular weight is 1810 g/mol. The van der Waals surface area contributed by atoms with Crippen molar-refractivity contribution in [2.24, 2.45) is 23.3 Å². The number of phenolic OH excluding ortho intramolecular Hbond substituents is 2. The summed E-state index contributed by atoms with van der Waals surface area (Å²) in [5.74, 6) is -17.7. The van der Waals surface area contributed by atoms with Gasteiger partial charge in [-0.3, -0.25) is 76.7 Å². The summed E-state index contributed by atoms with van der Waals surface area (Å²) in [5.41, 5.74) is 15.7. The number of likely N-dealkylation sites (N-methyl/N-ethyl adjacent to an activating group) is 4. The highest BCUT2D eigenvalue weighted by molar-refractivity contribution is 8.00. The van der Waals surface area contributed by atoms with Gasteiger partial charge in [-0.15, -0.1) is 11.8 Å². The number of carboxylic acids is 1. The van der Waals surface area contributed by atoms with E-state index < -0.39 is 199 Å². The van der Waals surface area contributed by atoms with Crippen LogP contribution in [0.2, 0.25) is 0 Å². The van der Waals surface area contributed by atoms with Crippen LogP contribution in [0.25, 0.3) is 10.9 Å². The zero-order chi connectivity index (χ0) is 95.0. The van der Waals surface area contributed by atoms with Gasteiger partial charge >= 0.3 is 5.97 Å². The van der Waals surface area contributed by atoms with Crippen LogP contribution in [-0.4, -0.2) is 260 Å². The zero-order valence-corrected chi connectivity index (χ0v) is 75.2. The molecule has 1 aliphatic heterocycles. The number of aromatic nitrogens is 1. The average Bonchev–Trinajstić information content (AvgIpc) is 1.31. The second-order valence-electron chi connectivity index (χ2n) is 33.2. The largest absolute Gasteiger partial charge is 0.508 e. The predicted octanol–water partition coefficient (Wildman–Crippen LogP) is 1.44. The molecule has 0 bridgehead atoms. The molecule has 36 nitrogen and oxygen atoms in total. The van der Waals surface area contributed by atoms with E-state index in [1.165, 1.54) is 95.5 Å². The van der Waals surface area contributed by atoms with Crippen molar-refractivity contribution in [3.05, 3.63) is 203 Å². The van der Waals surface area contributed by atoms with Crippen LogP contribution in [0.15, 0.2) is 164 Å². The Labute approximate surface area is 758 Å². The van der Waals surface area contributed by atoms with E-state index in [-0.39, 0.29) is 81.1 Å². The van der Waals surface area contributed by atoms with Crippen molar-refractivity contribution >= 4 is 117 Å². The molecule has 1 aromatic heterocycles. The fourth-order valence-corrected chi connectivity index (χ4v) is 15.7. The number of nitrogens with zero attached hydrogens (tertiary/aromatic N) is 4. The van der Waals surface area contributed by atoms with Crippen LogP contribution in [0.5, 0.6) is 11.5 Å². The summed E-state index contributed by atoms with van der Waals surface area (Å²) in [6, 6.07) is 25.2. The van der Waals surface area contributed by atoms with Gasteiger partial charge in [0.15, 0.2) is 0 Å². The molecule has 11 atom stereocenters. The van der Waals surface area contributed by atoms with E-state index in [1.807, 2.05) is 6.92 Å². The number of carbonyl (C=O) groups excluding carboxylic acids is 15. The lowest BCUT2D eigenvalue weighted by atomic mass is 9.99. The van der Waals surface area contributed by atoms with E-state index in [1.54, 1.807) is 129 Å². The molecular weight excluding hydrogens is 1690 g/mol.